The second kappa shape index (κ2) is 3.71. The summed E-state index contributed by atoms with van der Waals surface area (Å²) in [4.78, 5) is 24.3. The Hall–Kier alpha value is -2.56. The van der Waals surface area contributed by atoms with Gasteiger partial charge in [0.25, 0.3) is 0 Å². The van der Waals surface area contributed by atoms with E-state index in [1.54, 1.807) is 13.0 Å². The van der Waals surface area contributed by atoms with Crippen molar-refractivity contribution in [2.45, 2.75) is 6.92 Å². The molecular formula is C14H10O5. The van der Waals surface area contributed by atoms with E-state index in [2.05, 4.69) is 0 Å². The van der Waals surface area contributed by atoms with Gasteiger partial charge in [-0.1, -0.05) is 0 Å². The molecule has 0 bridgehead atoms. The van der Waals surface area contributed by atoms with Crippen LogP contribution in [0.2, 0.25) is 0 Å². The minimum atomic E-state index is -0.467. The fourth-order valence-electron chi connectivity index (χ4n) is 2.33. The number of rotatable bonds is 1. The molecule has 0 atom stereocenters. The van der Waals surface area contributed by atoms with Gasteiger partial charge >= 0.3 is 0 Å². The van der Waals surface area contributed by atoms with Crippen molar-refractivity contribution in [1.29, 1.82) is 0 Å². The van der Waals surface area contributed by atoms with Crippen LogP contribution in [0.4, 0.5) is 0 Å². The number of furan rings is 1. The van der Waals surface area contributed by atoms with Crippen molar-refractivity contribution in [3.63, 3.8) is 0 Å². The number of phenols is 1. The second-order valence-electron chi connectivity index (χ2n) is 4.29. The van der Waals surface area contributed by atoms with Crippen LogP contribution in [0.5, 0.6) is 5.75 Å². The van der Waals surface area contributed by atoms with Crippen molar-refractivity contribution in [1.82, 2.24) is 0 Å². The highest BCUT2D eigenvalue weighted by atomic mass is 16.5. The highest BCUT2D eigenvalue weighted by molar-refractivity contribution is 6.29. The van der Waals surface area contributed by atoms with Gasteiger partial charge in [0.2, 0.25) is 5.78 Å². The molecule has 96 valence electrons. The van der Waals surface area contributed by atoms with Gasteiger partial charge in [-0.05, 0) is 13.0 Å². The van der Waals surface area contributed by atoms with Gasteiger partial charge in [0.05, 0.1) is 24.5 Å². The minimum Gasteiger partial charge on any atom is -0.507 e. The zero-order valence-electron chi connectivity index (χ0n) is 10.3. The monoisotopic (exact) mass is 258 g/mol. The summed E-state index contributed by atoms with van der Waals surface area (Å²) in [5.74, 6) is -1.18. The second-order valence-corrected chi connectivity index (χ2v) is 4.29. The molecule has 0 radical (unpaired) electrons. The Balaban J connectivity index is 2.48. The fraction of sp³-hybridized carbons (Fsp3) is 0.143. The SMILES string of the molecule is COC1=CC(=O)c2c(O)c(C)c3ccoc3c2C1=O. The third-order valence-electron chi connectivity index (χ3n) is 3.32. The predicted molar refractivity (Wildman–Crippen MR) is 66.4 cm³/mol. The van der Waals surface area contributed by atoms with Gasteiger partial charge in [-0.2, -0.15) is 0 Å². The summed E-state index contributed by atoms with van der Waals surface area (Å²) in [6.07, 6.45) is 2.50. The Morgan fingerprint density at radius 3 is 2.68 bits per heavy atom. The third kappa shape index (κ3) is 1.35. The summed E-state index contributed by atoms with van der Waals surface area (Å²) in [6, 6.07) is 1.65. The lowest BCUT2D eigenvalue weighted by Crippen LogP contribution is -2.19. The lowest BCUT2D eigenvalue weighted by Gasteiger charge is -2.17. The Labute approximate surface area is 108 Å². The van der Waals surface area contributed by atoms with E-state index in [1.807, 2.05) is 0 Å². The number of Topliss-reactive ketones (excluding diaryl/α,β-unsaturated/α-hetero) is 1. The Morgan fingerprint density at radius 1 is 1.26 bits per heavy atom. The predicted octanol–water partition coefficient (Wildman–Crippen LogP) is 2.36. The quantitative estimate of drug-likeness (QED) is 0.849. The van der Waals surface area contributed by atoms with Crippen LogP contribution in [0.25, 0.3) is 11.0 Å². The normalized spacial score (nSPS) is 14.5. The molecule has 5 heteroatoms. The van der Waals surface area contributed by atoms with Crippen LogP contribution < -0.4 is 0 Å². The number of allylic oxidation sites excluding steroid dienone is 2. The molecule has 0 saturated heterocycles. The molecule has 1 N–H and O–H groups in total. The lowest BCUT2D eigenvalue weighted by atomic mass is 9.89. The van der Waals surface area contributed by atoms with E-state index in [1.165, 1.54) is 13.4 Å². The Bertz CT molecular complexity index is 764. The number of carbonyl (C=O) groups is 2. The van der Waals surface area contributed by atoms with Crippen molar-refractivity contribution in [3.8, 4) is 5.75 Å². The van der Waals surface area contributed by atoms with E-state index < -0.39 is 11.6 Å². The van der Waals surface area contributed by atoms with Crippen molar-refractivity contribution in [3.05, 3.63) is 40.9 Å². The minimum absolute atomic E-state index is 0.0225. The summed E-state index contributed by atoms with van der Waals surface area (Å²) in [5.41, 5.74) is 0.849. The molecule has 3 rings (SSSR count). The maximum atomic E-state index is 12.3. The molecule has 19 heavy (non-hydrogen) atoms. The molecule has 0 unspecified atom stereocenters. The number of aromatic hydroxyl groups is 1. The van der Waals surface area contributed by atoms with Crippen LogP contribution in [0, 0.1) is 6.92 Å². The van der Waals surface area contributed by atoms with Crippen molar-refractivity contribution < 1.29 is 23.8 Å². The van der Waals surface area contributed by atoms with E-state index in [0.29, 0.717) is 16.5 Å². The first-order chi connectivity index (χ1) is 9.06. The highest BCUT2D eigenvalue weighted by Gasteiger charge is 2.33. The molecule has 2 aromatic rings. The summed E-state index contributed by atoms with van der Waals surface area (Å²) >= 11 is 0. The van der Waals surface area contributed by atoms with Crippen LogP contribution in [0.3, 0.4) is 0 Å². The number of aryl methyl sites for hydroxylation is 1. The van der Waals surface area contributed by atoms with E-state index in [4.69, 9.17) is 9.15 Å². The van der Waals surface area contributed by atoms with Gasteiger partial charge in [-0.3, -0.25) is 9.59 Å². The van der Waals surface area contributed by atoms with Crippen LogP contribution >= 0.6 is 0 Å². The van der Waals surface area contributed by atoms with Gasteiger partial charge in [-0.15, -0.1) is 0 Å². The van der Waals surface area contributed by atoms with E-state index in [9.17, 15) is 14.7 Å². The summed E-state index contributed by atoms with van der Waals surface area (Å²) in [7, 11) is 1.31. The number of methoxy groups -OCH3 is 1. The first-order valence-electron chi connectivity index (χ1n) is 5.63. The molecule has 1 aromatic heterocycles. The number of hydrogen-bond acceptors (Lipinski definition) is 5. The number of benzene rings is 1. The molecule has 1 aromatic carbocycles. The van der Waals surface area contributed by atoms with E-state index >= 15 is 0 Å². The molecular weight excluding hydrogens is 248 g/mol. The average molecular weight is 258 g/mol. The summed E-state index contributed by atoms with van der Waals surface area (Å²) in [6.45, 7) is 1.67. The number of hydrogen-bond donors (Lipinski definition) is 1. The summed E-state index contributed by atoms with van der Waals surface area (Å²) < 4.78 is 10.2. The van der Waals surface area contributed by atoms with Crippen molar-refractivity contribution in [2.75, 3.05) is 7.11 Å². The average Bonchev–Trinajstić information content (AvgIpc) is 2.87. The van der Waals surface area contributed by atoms with Gasteiger partial charge in [0, 0.05) is 17.0 Å². The highest BCUT2D eigenvalue weighted by Crippen LogP contribution is 2.39. The van der Waals surface area contributed by atoms with E-state index in [-0.39, 0.29) is 22.6 Å². The van der Waals surface area contributed by atoms with Crippen LogP contribution in [-0.2, 0) is 4.74 Å². The fourth-order valence-corrected chi connectivity index (χ4v) is 2.33. The topological polar surface area (TPSA) is 76.7 Å². The molecule has 1 aliphatic carbocycles. The largest absolute Gasteiger partial charge is 0.507 e. The number of fused-ring (bicyclic) bond motifs is 3. The van der Waals surface area contributed by atoms with Crippen LogP contribution in [-0.4, -0.2) is 23.8 Å². The van der Waals surface area contributed by atoms with E-state index in [0.717, 1.165) is 6.08 Å². The number of phenolic OH excluding ortho intramolecular Hbond substituents is 1. The van der Waals surface area contributed by atoms with Gasteiger partial charge in [-0.25, -0.2) is 0 Å². The molecule has 5 nitrogen and oxygen atoms in total. The van der Waals surface area contributed by atoms with Gasteiger partial charge in [0.15, 0.2) is 11.5 Å². The maximum Gasteiger partial charge on any atom is 0.232 e. The zero-order valence-corrected chi connectivity index (χ0v) is 10.3. The zero-order chi connectivity index (χ0) is 13.7. The van der Waals surface area contributed by atoms with Gasteiger partial charge in [0.1, 0.15) is 11.3 Å². The smallest absolute Gasteiger partial charge is 0.232 e. The molecule has 1 heterocycles. The molecule has 0 spiro atoms. The Kier molecular flexibility index (Phi) is 2.25. The first kappa shape index (κ1) is 11.5. The standard InChI is InChI=1S/C14H10O5/c1-6-7-3-4-19-14(7)11-10(12(6)16)8(15)5-9(18-2)13(11)17/h3-5,16H,1-2H3. The van der Waals surface area contributed by atoms with Crippen molar-refractivity contribution in [2.24, 2.45) is 0 Å². The summed E-state index contributed by atoms with van der Waals surface area (Å²) in [5, 5.41) is 10.7. The van der Waals surface area contributed by atoms with Crippen LogP contribution in [0.15, 0.2) is 28.6 Å². The Morgan fingerprint density at radius 2 is 2.00 bits per heavy atom. The lowest BCUT2D eigenvalue weighted by molar-refractivity contribution is 0.0915. The molecule has 0 aliphatic heterocycles. The number of carbonyl (C=O) groups excluding carboxylic acids is 2. The van der Waals surface area contributed by atoms with Crippen molar-refractivity contribution >= 4 is 22.5 Å². The molecule has 1 aliphatic rings. The van der Waals surface area contributed by atoms with Gasteiger partial charge < -0.3 is 14.3 Å². The molecule has 0 saturated carbocycles. The molecule has 0 fully saturated rings. The number of ether oxygens (including phenoxy) is 1. The first-order valence-corrected chi connectivity index (χ1v) is 5.63. The third-order valence-corrected chi connectivity index (χ3v) is 3.32. The van der Waals surface area contributed by atoms with Crippen LogP contribution in [0.1, 0.15) is 26.3 Å². The maximum absolute atomic E-state index is 12.3. The number of ketones is 2. The molecule has 0 amide bonds.